The Morgan fingerprint density at radius 1 is 1.27 bits per heavy atom. The Hall–Kier alpha value is -0.580. The topological polar surface area (TPSA) is 63.2 Å². The summed E-state index contributed by atoms with van der Waals surface area (Å²) < 4.78 is 24.8. The van der Waals surface area contributed by atoms with Gasteiger partial charge in [0.25, 0.3) is 0 Å². The zero-order valence-corrected chi connectivity index (χ0v) is 10.1. The third kappa shape index (κ3) is 4.64. The summed E-state index contributed by atoms with van der Waals surface area (Å²) in [7, 11) is -3.34. The summed E-state index contributed by atoms with van der Waals surface area (Å²) in [6.45, 7) is 4.00. The van der Waals surface area contributed by atoms with Crippen LogP contribution in [-0.2, 0) is 14.8 Å². The standard InChI is InChI=1S/C10H18NO3S/c1-8(2)4-3-5-10(12)11-15(13,14)9-6-7-9/h9H,3-7H2,1-2H3,(H,11,12). The van der Waals surface area contributed by atoms with Gasteiger partial charge in [-0.25, -0.2) is 8.42 Å². The van der Waals surface area contributed by atoms with Crippen LogP contribution in [0.1, 0.15) is 46.0 Å². The average Bonchev–Trinajstić information content (AvgIpc) is 2.83. The second kappa shape index (κ2) is 4.96. The van der Waals surface area contributed by atoms with Crippen molar-refractivity contribution in [3.8, 4) is 0 Å². The second-order valence-electron chi connectivity index (χ2n) is 4.33. The molecule has 87 valence electrons. The van der Waals surface area contributed by atoms with Crippen LogP contribution in [0, 0.1) is 5.92 Å². The van der Waals surface area contributed by atoms with E-state index in [2.05, 4.69) is 4.72 Å². The van der Waals surface area contributed by atoms with E-state index in [0.717, 1.165) is 6.42 Å². The minimum atomic E-state index is -3.34. The largest absolute Gasteiger partial charge is 0.274 e. The van der Waals surface area contributed by atoms with Crippen LogP contribution in [0.2, 0.25) is 0 Å². The highest BCUT2D eigenvalue weighted by molar-refractivity contribution is 7.90. The fraction of sp³-hybridized carbons (Fsp3) is 0.800. The number of hydrogen-bond donors (Lipinski definition) is 1. The average molecular weight is 232 g/mol. The molecule has 0 bridgehead atoms. The highest BCUT2D eigenvalue weighted by Gasteiger charge is 2.36. The first-order valence-corrected chi connectivity index (χ1v) is 6.80. The Morgan fingerprint density at radius 2 is 1.87 bits per heavy atom. The first-order valence-electron chi connectivity index (χ1n) is 5.25. The Kier molecular flexibility index (Phi) is 4.13. The summed E-state index contributed by atoms with van der Waals surface area (Å²) >= 11 is 0. The first kappa shape index (κ1) is 12.5. The molecule has 1 fully saturated rings. The molecule has 4 nitrogen and oxygen atoms in total. The van der Waals surface area contributed by atoms with E-state index in [1.54, 1.807) is 0 Å². The van der Waals surface area contributed by atoms with Crippen LogP contribution in [0.15, 0.2) is 0 Å². The Balaban J connectivity index is 2.23. The monoisotopic (exact) mass is 232 g/mol. The van der Waals surface area contributed by atoms with Crippen molar-refractivity contribution >= 4 is 15.9 Å². The van der Waals surface area contributed by atoms with E-state index in [1.165, 1.54) is 5.92 Å². The molecule has 0 aromatic rings. The van der Waals surface area contributed by atoms with Crippen LogP contribution >= 0.6 is 0 Å². The Bertz CT molecular complexity index is 318. The minimum absolute atomic E-state index is 0.289. The number of nitrogens with one attached hydrogen (secondary N) is 1. The highest BCUT2D eigenvalue weighted by atomic mass is 32.2. The third-order valence-corrected chi connectivity index (χ3v) is 4.16. The van der Waals surface area contributed by atoms with Crippen molar-refractivity contribution < 1.29 is 13.2 Å². The number of amides is 1. The molecular formula is C10H18NO3S. The smallest absolute Gasteiger partial charge is 0.237 e. The maximum absolute atomic E-state index is 11.4. The van der Waals surface area contributed by atoms with E-state index < -0.39 is 10.0 Å². The molecule has 15 heavy (non-hydrogen) atoms. The quantitative estimate of drug-likeness (QED) is 0.752. The summed E-state index contributed by atoms with van der Waals surface area (Å²) in [4.78, 5) is 11.3. The summed E-state index contributed by atoms with van der Waals surface area (Å²) in [5, 5.41) is -0.319. The normalized spacial score (nSPS) is 16.7. The minimum Gasteiger partial charge on any atom is -0.274 e. The summed E-state index contributed by atoms with van der Waals surface area (Å²) in [6, 6.07) is 0. The fourth-order valence-corrected chi connectivity index (χ4v) is 2.62. The molecule has 0 aromatic heterocycles. The van der Waals surface area contributed by atoms with Crippen molar-refractivity contribution in [2.45, 2.75) is 51.2 Å². The molecule has 1 amide bonds. The number of hydrogen-bond acceptors (Lipinski definition) is 3. The van der Waals surface area contributed by atoms with Crippen LogP contribution in [0.3, 0.4) is 0 Å². The van der Waals surface area contributed by atoms with Gasteiger partial charge in [-0.1, -0.05) is 13.8 Å². The maximum Gasteiger partial charge on any atom is 0.237 e. The van der Waals surface area contributed by atoms with E-state index in [1.807, 2.05) is 13.8 Å². The molecule has 5 heteroatoms. The van der Waals surface area contributed by atoms with Crippen LogP contribution in [0.4, 0.5) is 0 Å². The predicted octanol–water partition coefficient (Wildman–Crippen LogP) is 1.38. The molecular weight excluding hydrogens is 214 g/mol. The predicted molar refractivity (Wildman–Crippen MR) is 58.5 cm³/mol. The molecule has 1 aliphatic rings. The molecule has 0 unspecified atom stereocenters. The van der Waals surface area contributed by atoms with Gasteiger partial charge in [-0.05, 0) is 31.6 Å². The number of rotatable bonds is 6. The zero-order chi connectivity index (χ0) is 11.5. The van der Waals surface area contributed by atoms with Gasteiger partial charge in [0, 0.05) is 6.42 Å². The van der Waals surface area contributed by atoms with Gasteiger partial charge in [0.15, 0.2) is 0 Å². The van der Waals surface area contributed by atoms with Crippen LogP contribution < -0.4 is 4.72 Å². The lowest BCUT2D eigenvalue weighted by Crippen LogP contribution is -2.33. The van der Waals surface area contributed by atoms with Gasteiger partial charge in [0.2, 0.25) is 15.9 Å². The highest BCUT2D eigenvalue weighted by Crippen LogP contribution is 2.27. The van der Waals surface area contributed by atoms with Crippen LogP contribution in [0.5, 0.6) is 0 Å². The maximum atomic E-state index is 11.4. The molecule has 0 aliphatic heterocycles. The molecule has 1 radical (unpaired) electrons. The van der Waals surface area contributed by atoms with Crippen molar-refractivity contribution in [3.63, 3.8) is 0 Å². The van der Waals surface area contributed by atoms with Crippen molar-refractivity contribution in [3.05, 3.63) is 5.92 Å². The molecule has 1 rings (SSSR count). The number of carbonyl (C=O) groups excluding carboxylic acids is 1. The molecule has 0 saturated heterocycles. The molecule has 1 N–H and O–H groups in total. The number of sulfonamides is 1. The van der Waals surface area contributed by atoms with Crippen molar-refractivity contribution in [1.82, 2.24) is 4.72 Å². The van der Waals surface area contributed by atoms with E-state index in [-0.39, 0.29) is 17.6 Å². The van der Waals surface area contributed by atoms with Gasteiger partial charge in [-0.3, -0.25) is 9.52 Å². The van der Waals surface area contributed by atoms with E-state index >= 15 is 0 Å². The fourth-order valence-electron chi connectivity index (χ4n) is 1.27. The molecule has 0 aromatic carbocycles. The summed E-state index contributed by atoms with van der Waals surface area (Å²) in [6.07, 6.45) is 3.25. The molecule has 0 heterocycles. The van der Waals surface area contributed by atoms with Gasteiger partial charge >= 0.3 is 0 Å². The van der Waals surface area contributed by atoms with Gasteiger partial charge in [0.1, 0.15) is 0 Å². The zero-order valence-electron chi connectivity index (χ0n) is 9.25. The lowest BCUT2D eigenvalue weighted by molar-refractivity contribution is -0.119. The Morgan fingerprint density at radius 3 is 2.33 bits per heavy atom. The van der Waals surface area contributed by atoms with Crippen LogP contribution in [-0.4, -0.2) is 19.6 Å². The third-order valence-electron chi connectivity index (χ3n) is 2.30. The SMILES string of the molecule is C[C](C)CCCC(=O)NS(=O)(=O)C1CC1. The lowest BCUT2D eigenvalue weighted by atomic mass is 10.1. The van der Waals surface area contributed by atoms with Gasteiger partial charge in [0.05, 0.1) is 5.25 Å². The second-order valence-corrected chi connectivity index (χ2v) is 6.29. The van der Waals surface area contributed by atoms with Gasteiger partial charge in [-0.2, -0.15) is 0 Å². The molecule has 1 aliphatic carbocycles. The first-order chi connectivity index (χ1) is 6.92. The van der Waals surface area contributed by atoms with E-state index in [0.29, 0.717) is 19.3 Å². The lowest BCUT2D eigenvalue weighted by Gasteiger charge is -2.06. The van der Waals surface area contributed by atoms with Gasteiger partial charge < -0.3 is 0 Å². The van der Waals surface area contributed by atoms with Crippen molar-refractivity contribution in [1.29, 1.82) is 0 Å². The van der Waals surface area contributed by atoms with Crippen molar-refractivity contribution in [2.24, 2.45) is 0 Å². The number of carbonyl (C=O) groups is 1. The molecule has 1 saturated carbocycles. The van der Waals surface area contributed by atoms with Crippen molar-refractivity contribution in [2.75, 3.05) is 0 Å². The summed E-state index contributed by atoms with van der Waals surface area (Å²) in [5.41, 5.74) is 0. The van der Waals surface area contributed by atoms with Gasteiger partial charge in [-0.15, -0.1) is 0 Å². The summed E-state index contributed by atoms with van der Waals surface area (Å²) in [5.74, 6) is 0.885. The van der Waals surface area contributed by atoms with E-state index in [4.69, 9.17) is 0 Å². The molecule has 0 atom stereocenters. The van der Waals surface area contributed by atoms with Crippen LogP contribution in [0.25, 0.3) is 0 Å². The van der Waals surface area contributed by atoms with E-state index in [9.17, 15) is 13.2 Å². The Labute approximate surface area is 91.5 Å². The molecule has 0 spiro atoms.